The summed E-state index contributed by atoms with van der Waals surface area (Å²) in [6.07, 6.45) is 0. The third kappa shape index (κ3) is 3.76. The number of rotatable bonds is 3. The molecule has 0 atom stereocenters. The first kappa shape index (κ1) is 28.2. The molecular weight excluding hydrogens is 617 g/mol. The quantitative estimate of drug-likeness (QED) is 0.185. The Morgan fingerprint density at radius 2 is 0.843 bits per heavy atom. The van der Waals surface area contributed by atoms with Crippen LogP contribution in [0.3, 0.4) is 0 Å². The summed E-state index contributed by atoms with van der Waals surface area (Å²) in [4.78, 5) is 2.44. The van der Waals surface area contributed by atoms with E-state index in [0.29, 0.717) is 0 Å². The zero-order valence-corrected chi connectivity index (χ0v) is 27.9. The smallest absolute Gasteiger partial charge is 0.0760 e. The highest BCUT2D eigenvalue weighted by Gasteiger charge is 2.52. The molecule has 11 rings (SSSR count). The molecule has 0 unspecified atom stereocenters. The molecule has 0 bridgehead atoms. The minimum Gasteiger partial charge on any atom is -0.310 e. The van der Waals surface area contributed by atoms with Gasteiger partial charge in [0.05, 0.1) is 27.8 Å². The lowest BCUT2D eigenvalue weighted by molar-refractivity contribution is 0.754. The van der Waals surface area contributed by atoms with Gasteiger partial charge in [-0.2, -0.15) is 0 Å². The fraction of sp³-hybridized carbons (Fsp3) is 0.0204. The van der Waals surface area contributed by atoms with Gasteiger partial charge in [-0.05, 0) is 93.0 Å². The third-order valence-corrected chi connectivity index (χ3v) is 11.2. The molecule has 0 N–H and O–H groups in total. The van der Waals surface area contributed by atoms with Crippen molar-refractivity contribution in [3.63, 3.8) is 0 Å². The Kier molecular flexibility index (Phi) is 5.91. The Morgan fingerprint density at radius 3 is 1.51 bits per heavy atom. The third-order valence-electron chi connectivity index (χ3n) is 11.2. The monoisotopic (exact) mass is 648 g/mol. The standard InChI is InChI=1S/C49H32N2/c1-2-15-34(16-3-1)51-46-27-12-8-23-42(46)49(43-24-9-13-28-47(43)51)41-22-7-4-17-37(41)40-21-14-20-36(48(40)49)33-29-31-35(32-30-33)50-44-25-10-5-18-38(44)39-19-6-11-26-45(39)50/h1-32H. The van der Waals surface area contributed by atoms with Gasteiger partial charge in [0.2, 0.25) is 0 Å². The molecule has 0 saturated heterocycles. The first-order valence-electron chi connectivity index (χ1n) is 17.7. The summed E-state index contributed by atoms with van der Waals surface area (Å²) in [5.41, 5.74) is 17.0. The predicted molar refractivity (Wildman–Crippen MR) is 212 cm³/mol. The van der Waals surface area contributed by atoms with Gasteiger partial charge in [0.25, 0.3) is 0 Å². The Bertz CT molecular complexity index is 2710. The second kappa shape index (κ2) is 10.7. The van der Waals surface area contributed by atoms with Crippen molar-refractivity contribution in [2.24, 2.45) is 0 Å². The molecule has 0 saturated carbocycles. The molecular formula is C49H32N2. The minimum absolute atomic E-state index is 0.507. The number of nitrogens with zero attached hydrogens (tertiary/aromatic N) is 2. The van der Waals surface area contributed by atoms with Crippen molar-refractivity contribution in [1.29, 1.82) is 0 Å². The van der Waals surface area contributed by atoms with Crippen LogP contribution in [-0.4, -0.2) is 4.57 Å². The Labute approximate surface area is 297 Å². The van der Waals surface area contributed by atoms with E-state index < -0.39 is 5.41 Å². The van der Waals surface area contributed by atoms with E-state index in [2.05, 4.69) is 204 Å². The molecule has 2 nitrogen and oxygen atoms in total. The number of para-hydroxylation sites is 5. The highest BCUT2D eigenvalue weighted by atomic mass is 15.2. The average Bonchev–Trinajstić information content (AvgIpc) is 3.70. The van der Waals surface area contributed by atoms with Crippen LogP contribution in [0.2, 0.25) is 0 Å². The summed E-state index contributed by atoms with van der Waals surface area (Å²) in [5, 5.41) is 2.55. The molecule has 1 spiro atoms. The van der Waals surface area contributed by atoms with E-state index in [1.165, 1.54) is 77.7 Å². The van der Waals surface area contributed by atoms with Gasteiger partial charge in [0.15, 0.2) is 0 Å². The van der Waals surface area contributed by atoms with E-state index in [4.69, 9.17) is 0 Å². The molecule has 51 heavy (non-hydrogen) atoms. The van der Waals surface area contributed by atoms with Crippen LogP contribution in [0.25, 0.3) is 49.7 Å². The second-order valence-electron chi connectivity index (χ2n) is 13.6. The van der Waals surface area contributed by atoms with E-state index in [1.807, 2.05) is 0 Å². The number of benzene rings is 8. The molecule has 0 fully saturated rings. The van der Waals surface area contributed by atoms with Gasteiger partial charge in [0, 0.05) is 22.1 Å². The maximum atomic E-state index is 2.44. The van der Waals surface area contributed by atoms with E-state index in [9.17, 15) is 0 Å². The van der Waals surface area contributed by atoms with Crippen molar-refractivity contribution in [3.8, 4) is 27.9 Å². The summed E-state index contributed by atoms with van der Waals surface area (Å²) in [7, 11) is 0. The maximum absolute atomic E-state index is 2.44. The van der Waals surface area contributed by atoms with Gasteiger partial charge in [-0.1, -0.05) is 146 Å². The van der Waals surface area contributed by atoms with Crippen LogP contribution in [0.15, 0.2) is 194 Å². The van der Waals surface area contributed by atoms with Crippen LogP contribution in [0.5, 0.6) is 0 Å². The van der Waals surface area contributed by atoms with Crippen molar-refractivity contribution < 1.29 is 0 Å². The predicted octanol–water partition coefficient (Wildman–Crippen LogP) is 12.6. The lowest BCUT2D eigenvalue weighted by atomic mass is 9.63. The first-order chi connectivity index (χ1) is 25.3. The van der Waals surface area contributed by atoms with Crippen LogP contribution >= 0.6 is 0 Å². The molecule has 2 heterocycles. The molecule has 2 heteroatoms. The molecule has 9 aromatic rings. The van der Waals surface area contributed by atoms with Crippen LogP contribution < -0.4 is 4.90 Å². The van der Waals surface area contributed by atoms with E-state index >= 15 is 0 Å². The van der Waals surface area contributed by atoms with Crippen molar-refractivity contribution in [2.45, 2.75) is 5.41 Å². The Balaban J connectivity index is 1.18. The highest BCUT2D eigenvalue weighted by Crippen LogP contribution is 2.64. The molecule has 1 aromatic heterocycles. The lowest BCUT2D eigenvalue weighted by Gasteiger charge is -2.45. The van der Waals surface area contributed by atoms with Crippen LogP contribution in [0.4, 0.5) is 17.1 Å². The van der Waals surface area contributed by atoms with Crippen LogP contribution in [0, 0.1) is 0 Å². The lowest BCUT2D eigenvalue weighted by Crippen LogP contribution is -2.36. The van der Waals surface area contributed by atoms with Gasteiger partial charge in [-0.25, -0.2) is 0 Å². The fourth-order valence-corrected chi connectivity index (χ4v) is 9.25. The zero-order chi connectivity index (χ0) is 33.5. The van der Waals surface area contributed by atoms with Crippen molar-refractivity contribution >= 4 is 38.9 Å². The minimum atomic E-state index is -0.507. The molecule has 238 valence electrons. The van der Waals surface area contributed by atoms with Gasteiger partial charge in [-0.15, -0.1) is 0 Å². The van der Waals surface area contributed by atoms with E-state index in [1.54, 1.807) is 0 Å². The molecule has 1 aliphatic carbocycles. The normalized spacial score (nSPS) is 13.6. The van der Waals surface area contributed by atoms with Gasteiger partial charge >= 0.3 is 0 Å². The SMILES string of the molecule is c1ccc(N2c3ccccc3C3(c4ccccc4-c4cccc(-c5ccc(-n6c7ccccc7c7ccccc76)cc5)c43)c3ccccc32)cc1. The number of aromatic nitrogens is 1. The Hall–Kier alpha value is -6.64. The number of hydrogen-bond acceptors (Lipinski definition) is 1. The van der Waals surface area contributed by atoms with Crippen LogP contribution in [0.1, 0.15) is 22.3 Å². The fourth-order valence-electron chi connectivity index (χ4n) is 9.25. The summed E-state index contributed by atoms with van der Waals surface area (Å²) in [5.74, 6) is 0. The molecule has 0 radical (unpaired) electrons. The molecule has 0 amide bonds. The number of hydrogen-bond donors (Lipinski definition) is 0. The van der Waals surface area contributed by atoms with E-state index in [-0.39, 0.29) is 0 Å². The summed E-state index contributed by atoms with van der Waals surface area (Å²) < 4.78 is 2.40. The largest absolute Gasteiger partial charge is 0.310 e. The Morgan fingerprint density at radius 1 is 0.333 bits per heavy atom. The average molecular weight is 649 g/mol. The van der Waals surface area contributed by atoms with E-state index in [0.717, 1.165) is 11.4 Å². The van der Waals surface area contributed by atoms with Crippen molar-refractivity contribution in [2.75, 3.05) is 4.90 Å². The van der Waals surface area contributed by atoms with Gasteiger partial charge < -0.3 is 9.47 Å². The molecule has 8 aromatic carbocycles. The number of fused-ring (bicyclic) bond motifs is 12. The van der Waals surface area contributed by atoms with Crippen LogP contribution in [-0.2, 0) is 5.41 Å². The second-order valence-corrected chi connectivity index (χ2v) is 13.6. The highest BCUT2D eigenvalue weighted by molar-refractivity contribution is 6.09. The van der Waals surface area contributed by atoms with Crippen molar-refractivity contribution in [1.82, 2.24) is 4.57 Å². The first-order valence-corrected chi connectivity index (χ1v) is 17.7. The summed E-state index contributed by atoms with van der Waals surface area (Å²) in [6.45, 7) is 0. The zero-order valence-electron chi connectivity index (χ0n) is 27.9. The molecule has 2 aliphatic rings. The topological polar surface area (TPSA) is 8.17 Å². The number of anilines is 3. The van der Waals surface area contributed by atoms with Crippen molar-refractivity contribution in [3.05, 3.63) is 216 Å². The summed E-state index contributed by atoms with van der Waals surface area (Å²) in [6, 6.07) is 71.5. The van der Waals surface area contributed by atoms with Gasteiger partial charge in [-0.3, -0.25) is 0 Å². The molecule has 1 aliphatic heterocycles. The van der Waals surface area contributed by atoms with Gasteiger partial charge in [0.1, 0.15) is 0 Å². The summed E-state index contributed by atoms with van der Waals surface area (Å²) >= 11 is 0. The maximum Gasteiger partial charge on any atom is 0.0760 e.